The number of aromatic carboxylic acids is 1. The Hall–Kier alpha value is -1.91. The van der Waals surface area contributed by atoms with Gasteiger partial charge in [-0.05, 0) is 30.0 Å². The van der Waals surface area contributed by atoms with Gasteiger partial charge in [0.25, 0.3) is 0 Å². The van der Waals surface area contributed by atoms with Crippen molar-refractivity contribution in [3.05, 3.63) is 29.6 Å². The van der Waals surface area contributed by atoms with Crippen LogP contribution in [0.2, 0.25) is 0 Å². The van der Waals surface area contributed by atoms with Gasteiger partial charge in [0.2, 0.25) is 5.91 Å². The number of amides is 1. The molecular formula is C15H20FNO3. The lowest BCUT2D eigenvalue weighted by atomic mass is 9.90. The van der Waals surface area contributed by atoms with E-state index in [0.717, 1.165) is 24.6 Å². The molecule has 5 heteroatoms. The number of carbonyl (C=O) groups is 2. The topological polar surface area (TPSA) is 66.4 Å². The number of carbonyl (C=O) groups excluding carboxylic acids is 1. The maximum Gasteiger partial charge on any atom is 0.335 e. The predicted octanol–water partition coefficient (Wildman–Crippen LogP) is 3.53. The van der Waals surface area contributed by atoms with Gasteiger partial charge >= 0.3 is 5.97 Å². The van der Waals surface area contributed by atoms with Gasteiger partial charge in [0.05, 0.1) is 11.3 Å². The van der Waals surface area contributed by atoms with Crippen LogP contribution in [0.15, 0.2) is 18.2 Å². The van der Waals surface area contributed by atoms with Gasteiger partial charge < -0.3 is 10.4 Å². The molecule has 0 saturated heterocycles. The summed E-state index contributed by atoms with van der Waals surface area (Å²) in [6, 6.07) is 3.33. The Morgan fingerprint density at radius 1 is 1.35 bits per heavy atom. The first kappa shape index (κ1) is 16.1. The number of carboxylic acids is 1. The molecule has 0 aliphatic heterocycles. The van der Waals surface area contributed by atoms with Crippen molar-refractivity contribution < 1.29 is 19.1 Å². The van der Waals surface area contributed by atoms with Crippen LogP contribution >= 0.6 is 0 Å². The molecule has 20 heavy (non-hydrogen) atoms. The Kier molecular flexibility index (Phi) is 5.67. The second-order valence-electron chi connectivity index (χ2n) is 5.16. The maximum atomic E-state index is 13.6. The normalized spacial score (nSPS) is 12.2. The van der Waals surface area contributed by atoms with Crippen molar-refractivity contribution >= 4 is 17.6 Å². The summed E-state index contributed by atoms with van der Waals surface area (Å²) in [6.07, 6.45) is 1.16. The SMILES string of the molecule is CCC(CC(=O)Nc1cc(C(=O)O)ccc1F)C(C)C. The summed E-state index contributed by atoms with van der Waals surface area (Å²) >= 11 is 0. The Morgan fingerprint density at radius 3 is 2.50 bits per heavy atom. The summed E-state index contributed by atoms with van der Waals surface area (Å²) in [5, 5.41) is 11.3. The first-order chi connectivity index (χ1) is 9.35. The fraction of sp³-hybridized carbons (Fsp3) is 0.467. The molecule has 4 nitrogen and oxygen atoms in total. The van der Waals surface area contributed by atoms with Gasteiger partial charge in [-0.3, -0.25) is 4.79 Å². The fourth-order valence-electron chi connectivity index (χ4n) is 2.04. The Bertz CT molecular complexity index is 500. The van der Waals surface area contributed by atoms with Crippen LogP contribution < -0.4 is 5.32 Å². The number of carboxylic acid groups (broad SMARTS) is 1. The summed E-state index contributed by atoms with van der Waals surface area (Å²) in [6.45, 7) is 6.07. The van der Waals surface area contributed by atoms with Gasteiger partial charge in [-0.1, -0.05) is 27.2 Å². The maximum absolute atomic E-state index is 13.6. The Balaban J connectivity index is 2.80. The molecule has 0 radical (unpaired) electrons. The van der Waals surface area contributed by atoms with Crippen molar-refractivity contribution in [2.45, 2.75) is 33.6 Å². The van der Waals surface area contributed by atoms with Crippen molar-refractivity contribution in [1.29, 1.82) is 0 Å². The summed E-state index contributed by atoms with van der Waals surface area (Å²) in [4.78, 5) is 22.7. The van der Waals surface area contributed by atoms with E-state index in [4.69, 9.17) is 5.11 Å². The van der Waals surface area contributed by atoms with Crippen molar-refractivity contribution in [3.8, 4) is 0 Å². The quantitative estimate of drug-likeness (QED) is 0.838. The lowest BCUT2D eigenvalue weighted by Crippen LogP contribution is -2.20. The lowest BCUT2D eigenvalue weighted by Gasteiger charge is -2.18. The summed E-state index contributed by atoms with van der Waals surface area (Å²) in [5.74, 6) is -1.51. The molecule has 1 unspecified atom stereocenters. The third-order valence-electron chi connectivity index (χ3n) is 3.40. The monoisotopic (exact) mass is 281 g/mol. The highest BCUT2D eigenvalue weighted by atomic mass is 19.1. The minimum atomic E-state index is -1.16. The second kappa shape index (κ2) is 7.03. The Morgan fingerprint density at radius 2 is 2.00 bits per heavy atom. The molecule has 0 fully saturated rings. The molecule has 0 aliphatic rings. The molecular weight excluding hydrogens is 261 g/mol. The third-order valence-corrected chi connectivity index (χ3v) is 3.40. The second-order valence-corrected chi connectivity index (χ2v) is 5.16. The van der Waals surface area contributed by atoms with Crippen LogP contribution in [-0.4, -0.2) is 17.0 Å². The molecule has 0 heterocycles. The van der Waals surface area contributed by atoms with Gasteiger partial charge in [0.1, 0.15) is 5.82 Å². The van der Waals surface area contributed by atoms with Crippen molar-refractivity contribution in [2.24, 2.45) is 11.8 Å². The number of nitrogens with one attached hydrogen (secondary N) is 1. The number of hydrogen-bond acceptors (Lipinski definition) is 2. The number of anilines is 1. The number of halogens is 1. The van der Waals surface area contributed by atoms with E-state index < -0.39 is 11.8 Å². The summed E-state index contributed by atoms with van der Waals surface area (Å²) < 4.78 is 13.6. The van der Waals surface area contributed by atoms with Crippen molar-refractivity contribution in [1.82, 2.24) is 0 Å². The third kappa shape index (κ3) is 4.33. The van der Waals surface area contributed by atoms with E-state index in [0.29, 0.717) is 12.3 Å². The van der Waals surface area contributed by atoms with Gasteiger partial charge in [0.15, 0.2) is 0 Å². The molecule has 0 saturated carbocycles. The molecule has 2 N–H and O–H groups in total. The van der Waals surface area contributed by atoms with Gasteiger partial charge in [-0.25, -0.2) is 9.18 Å². The van der Waals surface area contributed by atoms with E-state index in [2.05, 4.69) is 5.32 Å². The highest BCUT2D eigenvalue weighted by Crippen LogP contribution is 2.21. The van der Waals surface area contributed by atoms with E-state index in [-0.39, 0.29) is 23.1 Å². The van der Waals surface area contributed by atoms with Gasteiger partial charge in [-0.2, -0.15) is 0 Å². The van der Waals surface area contributed by atoms with E-state index >= 15 is 0 Å². The van der Waals surface area contributed by atoms with Crippen LogP contribution in [0.5, 0.6) is 0 Å². The minimum Gasteiger partial charge on any atom is -0.478 e. The Labute approximate surface area is 118 Å². The molecule has 1 amide bonds. The molecule has 0 aromatic heterocycles. The average molecular weight is 281 g/mol. The van der Waals surface area contributed by atoms with E-state index in [1.54, 1.807) is 0 Å². The van der Waals surface area contributed by atoms with Gasteiger partial charge in [-0.15, -0.1) is 0 Å². The standard InChI is InChI=1S/C15H20FNO3/c1-4-10(9(2)3)8-14(18)17-13-7-11(15(19)20)5-6-12(13)16/h5-7,9-10H,4,8H2,1-3H3,(H,17,18)(H,19,20). The molecule has 1 aromatic carbocycles. The molecule has 110 valence electrons. The molecule has 1 atom stereocenters. The van der Waals surface area contributed by atoms with Crippen LogP contribution in [0.25, 0.3) is 0 Å². The number of hydrogen-bond donors (Lipinski definition) is 2. The molecule has 0 bridgehead atoms. The number of rotatable bonds is 6. The zero-order chi connectivity index (χ0) is 15.3. The highest BCUT2D eigenvalue weighted by Gasteiger charge is 2.17. The first-order valence-corrected chi connectivity index (χ1v) is 6.67. The molecule has 1 rings (SSSR count). The highest BCUT2D eigenvalue weighted by molar-refractivity contribution is 5.94. The summed E-state index contributed by atoms with van der Waals surface area (Å²) in [7, 11) is 0. The lowest BCUT2D eigenvalue weighted by molar-refractivity contribution is -0.117. The van der Waals surface area contributed by atoms with E-state index in [1.165, 1.54) is 0 Å². The zero-order valence-electron chi connectivity index (χ0n) is 11.9. The largest absolute Gasteiger partial charge is 0.478 e. The van der Waals surface area contributed by atoms with Crippen LogP contribution in [0, 0.1) is 17.7 Å². The zero-order valence-corrected chi connectivity index (χ0v) is 11.9. The first-order valence-electron chi connectivity index (χ1n) is 6.67. The van der Waals surface area contributed by atoms with Crippen molar-refractivity contribution in [3.63, 3.8) is 0 Å². The number of benzene rings is 1. The van der Waals surface area contributed by atoms with Crippen LogP contribution in [0.1, 0.15) is 44.0 Å². The van der Waals surface area contributed by atoms with Crippen LogP contribution in [-0.2, 0) is 4.79 Å². The predicted molar refractivity (Wildman–Crippen MR) is 75.2 cm³/mol. The van der Waals surface area contributed by atoms with E-state index in [1.807, 2.05) is 20.8 Å². The fourth-order valence-corrected chi connectivity index (χ4v) is 2.04. The molecule has 0 spiro atoms. The van der Waals surface area contributed by atoms with Crippen LogP contribution in [0.4, 0.5) is 10.1 Å². The smallest absolute Gasteiger partial charge is 0.335 e. The van der Waals surface area contributed by atoms with Gasteiger partial charge in [0, 0.05) is 6.42 Å². The minimum absolute atomic E-state index is 0.0578. The summed E-state index contributed by atoms with van der Waals surface area (Å²) in [5.41, 5.74) is -0.147. The molecule has 1 aromatic rings. The van der Waals surface area contributed by atoms with E-state index in [9.17, 15) is 14.0 Å². The van der Waals surface area contributed by atoms with Crippen molar-refractivity contribution in [2.75, 3.05) is 5.32 Å². The van der Waals surface area contributed by atoms with Crippen LogP contribution in [0.3, 0.4) is 0 Å². The molecule has 0 aliphatic carbocycles. The average Bonchev–Trinajstić information content (AvgIpc) is 2.37.